The third-order valence-corrected chi connectivity index (χ3v) is 3.24. The molecule has 0 unspecified atom stereocenters. The Bertz CT molecular complexity index is 712. The third kappa shape index (κ3) is 3.82. The Labute approximate surface area is 132 Å². The van der Waals surface area contributed by atoms with Gasteiger partial charge in [0.25, 0.3) is 5.91 Å². The van der Waals surface area contributed by atoms with Crippen LogP contribution in [0.1, 0.15) is 32.2 Å². The molecule has 0 atom stereocenters. The minimum atomic E-state index is -1.07. The molecule has 0 aliphatic carbocycles. The highest BCUT2D eigenvalue weighted by atomic mass is 16.5. The lowest BCUT2D eigenvalue weighted by molar-refractivity contribution is 0.0694. The number of hydrogen-bond donors (Lipinski definition) is 2. The van der Waals surface area contributed by atoms with E-state index >= 15 is 0 Å². The maximum atomic E-state index is 12.2. The number of benzene rings is 1. The molecular weight excluding hydrogens is 302 g/mol. The van der Waals surface area contributed by atoms with Gasteiger partial charge in [-0.15, -0.1) is 0 Å². The van der Waals surface area contributed by atoms with Gasteiger partial charge in [-0.2, -0.15) is 0 Å². The van der Waals surface area contributed by atoms with Crippen molar-refractivity contribution >= 4 is 11.9 Å². The van der Waals surface area contributed by atoms with Gasteiger partial charge in [0.15, 0.2) is 0 Å². The van der Waals surface area contributed by atoms with Crippen LogP contribution < -0.4 is 14.8 Å². The fraction of sp³-hybridized carbons (Fsp3) is 0.250. The quantitative estimate of drug-likeness (QED) is 0.847. The van der Waals surface area contributed by atoms with Crippen LogP contribution in [0.25, 0.3) is 0 Å². The Kier molecular flexibility index (Phi) is 4.90. The Morgan fingerprint density at radius 3 is 2.22 bits per heavy atom. The second kappa shape index (κ2) is 6.87. The minimum Gasteiger partial charge on any atom is -0.497 e. The van der Waals surface area contributed by atoms with Crippen molar-refractivity contribution in [3.05, 3.63) is 46.9 Å². The van der Waals surface area contributed by atoms with E-state index < -0.39 is 5.97 Å². The van der Waals surface area contributed by atoms with Crippen LogP contribution in [-0.4, -0.2) is 31.2 Å². The number of hydrogen-bond acceptors (Lipinski definition) is 5. The summed E-state index contributed by atoms with van der Waals surface area (Å²) in [4.78, 5) is 23.2. The second-order valence-electron chi connectivity index (χ2n) is 4.77. The molecule has 1 aromatic carbocycles. The van der Waals surface area contributed by atoms with Crippen molar-refractivity contribution in [3.8, 4) is 11.5 Å². The zero-order valence-corrected chi connectivity index (χ0v) is 13.0. The number of ether oxygens (including phenoxy) is 2. The third-order valence-electron chi connectivity index (χ3n) is 3.24. The molecule has 1 heterocycles. The molecule has 7 nitrogen and oxygen atoms in total. The van der Waals surface area contributed by atoms with E-state index in [-0.39, 0.29) is 18.0 Å². The number of nitrogens with one attached hydrogen (secondary N) is 1. The minimum absolute atomic E-state index is 0.0759. The van der Waals surface area contributed by atoms with Crippen LogP contribution >= 0.6 is 0 Å². The number of amides is 1. The standard InChI is InChI=1S/C16H17NO6/c1-9-14(16(19)20)7-13(23-9)8-17-15(18)10-4-11(21-2)6-12(5-10)22-3/h4-7H,8H2,1-3H3,(H,17,18)(H,19,20). The van der Waals surface area contributed by atoms with E-state index in [0.29, 0.717) is 28.6 Å². The van der Waals surface area contributed by atoms with Crippen LogP contribution in [0.4, 0.5) is 0 Å². The van der Waals surface area contributed by atoms with Crippen molar-refractivity contribution in [2.24, 2.45) is 0 Å². The van der Waals surface area contributed by atoms with Crippen LogP contribution in [0.5, 0.6) is 11.5 Å². The van der Waals surface area contributed by atoms with Gasteiger partial charge in [0, 0.05) is 11.6 Å². The lowest BCUT2D eigenvalue weighted by atomic mass is 10.2. The molecule has 7 heteroatoms. The molecule has 2 aromatic rings. The number of carboxylic acid groups (broad SMARTS) is 1. The summed E-state index contributed by atoms with van der Waals surface area (Å²) in [6, 6.07) is 6.21. The van der Waals surface area contributed by atoms with Crippen molar-refractivity contribution in [1.82, 2.24) is 5.32 Å². The van der Waals surface area contributed by atoms with Gasteiger partial charge in [0.1, 0.15) is 28.6 Å². The lowest BCUT2D eigenvalue weighted by Crippen LogP contribution is -2.22. The number of furan rings is 1. The first-order valence-corrected chi connectivity index (χ1v) is 6.78. The first-order chi connectivity index (χ1) is 10.9. The van der Waals surface area contributed by atoms with Crippen molar-refractivity contribution in [2.45, 2.75) is 13.5 Å². The number of rotatable bonds is 6. The summed E-state index contributed by atoms with van der Waals surface area (Å²) in [6.07, 6.45) is 0. The highest BCUT2D eigenvalue weighted by molar-refractivity contribution is 5.95. The maximum absolute atomic E-state index is 12.2. The van der Waals surface area contributed by atoms with Gasteiger partial charge in [-0.05, 0) is 25.1 Å². The van der Waals surface area contributed by atoms with E-state index in [1.807, 2.05) is 0 Å². The summed E-state index contributed by atoms with van der Waals surface area (Å²) < 4.78 is 15.5. The van der Waals surface area contributed by atoms with Gasteiger partial charge < -0.3 is 24.3 Å². The van der Waals surface area contributed by atoms with Gasteiger partial charge in [-0.25, -0.2) is 4.79 Å². The summed E-state index contributed by atoms with van der Waals surface area (Å²) in [5.41, 5.74) is 0.445. The summed E-state index contributed by atoms with van der Waals surface area (Å²) in [5.74, 6) is 0.232. The van der Waals surface area contributed by atoms with E-state index in [4.69, 9.17) is 19.0 Å². The van der Waals surface area contributed by atoms with Crippen LogP contribution in [0.3, 0.4) is 0 Å². The molecule has 0 spiro atoms. The first-order valence-electron chi connectivity index (χ1n) is 6.78. The largest absolute Gasteiger partial charge is 0.497 e. The summed E-state index contributed by atoms with van der Waals surface area (Å²) in [6.45, 7) is 1.63. The van der Waals surface area contributed by atoms with Gasteiger partial charge >= 0.3 is 5.97 Å². The predicted octanol–water partition coefficient (Wildman–Crippen LogP) is 2.23. The molecule has 0 aliphatic heterocycles. The van der Waals surface area contributed by atoms with Crippen LogP contribution in [0.15, 0.2) is 28.7 Å². The van der Waals surface area contributed by atoms with Crippen molar-refractivity contribution in [2.75, 3.05) is 14.2 Å². The number of carbonyl (C=O) groups excluding carboxylic acids is 1. The number of methoxy groups -OCH3 is 2. The zero-order chi connectivity index (χ0) is 17.0. The topological polar surface area (TPSA) is 98.0 Å². The molecule has 122 valence electrons. The number of aryl methyl sites for hydroxylation is 1. The molecule has 0 bridgehead atoms. The molecule has 1 aromatic heterocycles. The van der Waals surface area contributed by atoms with Crippen molar-refractivity contribution < 1.29 is 28.6 Å². The molecule has 23 heavy (non-hydrogen) atoms. The Morgan fingerprint density at radius 1 is 1.13 bits per heavy atom. The van der Waals surface area contributed by atoms with Gasteiger partial charge in [0.05, 0.1) is 20.8 Å². The molecule has 2 rings (SSSR count). The fourth-order valence-electron chi connectivity index (χ4n) is 2.05. The molecule has 0 fully saturated rings. The molecule has 0 radical (unpaired) electrons. The first kappa shape index (κ1) is 16.4. The lowest BCUT2D eigenvalue weighted by Gasteiger charge is -2.08. The number of aromatic carboxylic acids is 1. The molecule has 0 aliphatic rings. The summed E-state index contributed by atoms with van der Waals surface area (Å²) in [5, 5.41) is 11.6. The SMILES string of the molecule is COc1cc(OC)cc(C(=O)NCc2cc(C(=O)O)c(C)o2)c1. The molecule has 0 saturated heterocycles. The molecule has 2 N–H and O–H groups in total. The van der Waals surface area contributed by atoms with Gasteiger partial charge in [-0.1, -0.05) is 0 Å². The monoisotopic (exact) mass is 319 g/mol. The van der Waals surface area contributed by atoms with E-state index in [1.165, 1.54) is 20.3 Å². The molecule has 1 amide bonds. The predicted molar refractivity (Wildman–Crippen MR) is 81.1 cm³/mol. The summed E-state index contributed by atoms with van der Waals surface area (Å²) in [7, 11) is 2.99. The fourth-order valence-corrected chi connectivity index (χ4v) is 2.05. The highest BCUT2D eigenvalue weighted by Gasteiger charge is 2.15. The molecule has 0 saturated carbocycles. The molecular formula is C16H17NO6. The highest BCUT2D eigenvalue weighted by Crippen LogP contribution is 2.22. The van der Waals surface area contributed by atoms with Crippen LogP contribution in [-0.2, 0) is 6.54 Å². The number of carboxylic acids is 1. The van der Waals surface area contributed by atoms with Gasteiger partial charge in [-0.3, -0.25) is 4.79 Å². The van der Waals surface area contributed by atoms with Crippen LogP contribution in [0, 0.1) is 6.92 Å². The second-order valence-corrected chi connectivity index (χ2v) is 4.77. The maximum Gasteiger partial charge on any atom is 0.339 e. The number of carbonyl (C=O) groups is 2. The van der Waals surface area contributed by atoms with E-state index in [9.17, 15) is 9.59 Å². The van der Waals surface area contributed by atoms with E-state index in [2.05, 4.69) is 5.32 Å². The van der Waals surface area contributed by atoms with E-state index in [0.717, 1.165) is 0 Å². The average molecular weight is 319 g/mol. The normalized spacial score (nSPS) is 10.2. The Hall–Kier alpha value is -2.96. The Morgan fingerprint density at radius 2 is 1.74 bits per heavy atom. The van der Waals surface area contributed by atoms with Crippen molar-refractivity contribution in [3.63, 3.8) is 0 Å². The smallest absolute Gasteiger partial charge is 0.339 e. The van der Waals surface area contributed by atoms with Crippen LogP contribution in [0.2, 0.25) is 0 Å². The summed E-state index contributed by atoms with van der Waals surface area (Å²) >= 11 is 0. The van der Waals surface area contributed by atoms with Crippen molar-refractivity contribution in [1.29, 1.82) is 0 Å². The average Bonchev–Trinajstić information content (AvgIpc) is 2.93. The van der Waals surface area contributed by atoms with E-state index in [1.54, 1.807) is 25.1 Å². The Balaban J connectivity index is 2.10. The van der Waals surface area contributed by atoms with Gasteiger partial charge in [0.2, 0.25) is 0 Å². The zero-order valence-electron chi connectivity index (χ0n) is 13.0.